The minimum Gasteiger partial charge on any atom is -0.316 e. The Morgan fingerprint density at radius 1 is 1.46 bits per heavy atom. The molecule has 0 aromatic heterocycles. The Hall–Kier alpha value is -0.520. The van der Waals surface area contributed by atoms with Crippen LogP contribution in [0, 0.1) is 17.8 Å². The first kappa shape index (κ1) is 9.05. The van der Waals surface area contributed by atoms with Gasteiger partial charge in [0, 0.05) is 26.1 Å². The molecule has 0 aromatic rings. The molecule has 2 heterocycles. The Morgan fingerprint density at radius 2 is 2.38 bits per heavy atom. The first-order valence-electron chi connectivity index (χ1n) is 5.21. The van der Waals surface area contributed by atoms with E-state index in [0.717, 1.165) is 13.0 Å². The molecule has 1 unspecified atom stereocenters. The van der Waals surface area contributed by atoms with E-state index >= 15 is 0 Å². The maximum absolute atomic E-state index is 5.26. The molecule has 72 valence electrons. The quantitative estimate of drug-likeness (QED) is 0.626. The highest BCUT2D eigenvalue weighted by Crippen LogP contribution is 2.35. The molecule has 13 heavy (non-hydrogen) atoms. The van der Waals surface area contributed by atoms with Gasteiger partial charge in [-0.05, 0) is 31.3 Å². The van der Waals surface area contributed by atoms with Crippen molar-refractivity contribution in [1.82, 2.24) is 10.2 Å². The van der Waals surface area contributed by atoms with E-state index in [4.69, 9.17) is 6.42 Å². The van der Waals surface area contributed by atoms with E-state index in [2.05, 4.69) is 16.1 Å². The number of hydrogen-bond donors (Lipinski definition) is 1. The Labute approximate surface area is 80.7 Å². The third-order valence-corrected chi connectivity index (χ3v) is 3.42. The number of likely N-dealkylation sites (tertiary alicyclic amines) is 1. The molecule has 2 saturated heterocycles. The summed E-state index contributed by atoms with van der Waals surface area (Å²) in [6, 6.07) is 0. The van der Waals surface area contributed by atoms with Gasteiger partial charge in [-0.2, -0.15) is 0 Å². The molecule has 1 N–H and O–H groups in total. The van der Waals surface area contributed by atoms with Gasteiger partial charge in [0.25, 0.3) is 0 Å². The smallest absolute Gasteiger partial charge is 0.0214 e. The fourth-order valence-electron chi connectivity index (χ4n) is 2.59. The van der Waals surface area contributed by atoms with Gasteiger partial charge in [-0.15, -0.1) is 12.3 Å². The molecule has 0 radical (unpaired) electrons. The van der Waals surface area contributed by atoms with Crippen molar-refractivity contribution < 1.29 is 0 Å². The van der Waals surface area contributed by atoms with Crippen molar-refractivity contribution in [3.63, 3.8) is 0 Å². The standard InChI is InChI=1S/C11H18N2/c1-2-3-7-13-8-5-11(10-13)4-6-12-9-11/h1,12H,3-10H2. The molecular formula is C11H18N2. The van der Waals surface area contributed by atoms with E-state index in [9.17, 15) is 0 Å². The molecule has 0 amide bonds. The van der Waals surface area contributed by atoms with Gasteiger partial charge in [0.05, 0.1) is 0 Å². The van der Waals surface area contributed by atoms with Crippen molar-refractivity contribution in [1.29, 1.82) is 0 Å². The van der Waals surface area contributed by atoms with Gasteiger partial charge < -0.3 is 10.2 Å². The zero-order chi connectivity index (χ0) is 9.15. The number of rotatable bonds is 2. The number of nitrogens with zero attached hydrogens (tertiary/aromatic N) is 1. The largest absolute Gasteiger partial charge is 0.316 e. The molecule has 2 aliphatic rings. The topological polar surface area (TPSA) is 15.3 Å². The van der Waals surface area contributed by atoms with Crippen LogP contribution in [0.15, 0.2) is 0 Å². The van der Waals surface area contributed by atoms with Crippen LogP contribution < -0.4 is 5.32 Å². The Morgan fingerprint density at radius 3 is 3.08 bits per heavy atom. The van der Waals surface area contributed by atoms with E-state index in [-0.39, 0.29) is 0 Å². The van der Waals surface area contributed by atoms with Gasteiger partial charge in [0.1, 0.15) is 0 Å². The van der Waals surface area contributed by atoms with E-state index < -0.39 is 0 Å². The highest BCUT2D eigenvalue weighted by Gasteiger charge is 2.39. The summed E-state index contributed by atoms with van der Waals surface area (Å²) >= 11 is 0. The predicted octanol–water partition coefficient (Wildman–Crippen LogP) is 0.695. The Kier molecular flexibility index (Phi) is 2.57. The minimum atomic E-state index is 0.606. The number of nitrogens with one attached hydrogen (secondary N) is 1. The van der Waals surface area contributed by atoms with Crippen LogP contribution in [0.25, 0.3) is 0 Å². The summed E-state index contributed by atoms with van der Waals surface area (Å²) in [5.41, 5.74) is 0.606. The lowest BCUT2D eigenvalue weighted by atomic mass is 9.87. The van der Waals surface area contributed by atoms with Gasteiger partial charge in [0.2, 0.25) is 0 Å². The average Bonchev–Trinajstić information content (AvgIpc) is 2.74. The number of hydrogen-bond acceptors (Lipinski definition) is 2. The summed E-state index contributed by atoms with van der Waals surface area (Å²) in [5, 5.41) is 3.46. The van der Waals surface area contributed by atoms with Crippen LogP contribution in [-0.4, -0.2) is 37.6 Å². The lowest BCUT2D eigenvalue weighted by Crippen LogP contribution is -2.29. The second kappa shape index (κ2) is 3.69. The Balaban J connectivity index is 1.83. The van der Waals surface area contributed by atoms with Crippen LogP contribution in [0.5, 0.6) is 0 Å². The molecule has 1 atom stereocenters. The highest BCUT2D eigenvalue weighted by molar-refractivity contribution is 4.96. The normalized spacial score (nSPS) is 34.1. The molecule has 0 aromatic carbocycles. The van der Waals surface area contributed by atoms with Crippen LogP contribution in [0.4, 0.5) is 0 Å². The molecule has 2 rings (SSSR count). The summed E-state index contributed by atoms with van der Waals surface area (Å²) in [5.74, 6) is 2.72. The van der Waals surface area contributed by atoms with Crippen LogP contribution in [-0.2, 0) is 0 Å². The van der Waals surface area contributed by atoms with Gasteiger partial charge in [-0.1, -0.05) is 0 Å². The van der Waals surface area contributed by atoms with Gasteiger partial charge in [-0.25, -0.2) is 0 Å². The summed E-state index contributed by atoms with van der Waals surface area (Å²) in [6.45, 7) is 6.05. The van der Waals surface area contributed by atoms with Crippen molar-refractivity contribution in [2.75, 3.05) is 32.7 Å². The summed E-state index contributed by atoms with van der Waals surface area (Å²) in [7, 11) is 0. The fourth-order valence-corrected chi connectivity index (χ4v) is 2.59. The molecule has 1 spiro atoms. The molecule has 0 saturated carbocycles. The first-order chi connectivity index (χ1) is 6.35. The van der Waals surface area contributed by atoms with E-state index in [1.807, 2.05) is 0 Å². The third-order valence-electron chi connectivity index (χ3n) is 3.42. The van der Waals surface area contributed by atoms with Crippen molar-refractivity contribution >= 4 is 0 Å². The van der Waals surface area contributed by atoms with E-state index in [1.54, 1.807) is 0 Å². The summed E-state index contributed by atoms with van der Waals surface area (Å²) in [4.78, 5) is 2.52. The lowest BCUT2D eigenvalue weighted by Gasteiger charge is -2.22. The zero-order valence-electron chi connectivity index (χ0n) is 8.18. The molecule has 2 fully saturated rings. The molecule has 2 heteroatoms. The molecule has 0 bridgehead atoms. The number of terminal acetylenes is 1. The zero-order valence-corrected chi connectivity index (χ0v) is 8.18. The first-order valence-corrected chi connectivity index (χ1v) is 5.21. The highest BCUT2D eigenvalue weighted by atomic mass is 15.2. The van der Waals surface area contributed by atoms with Crippen molar-refractivity contribution in [2.45, 2.75) is 19.3 Å². The van der Waals surface area contributed by atoms with Crippen molar-refractivity contribution in [3.05, 3.63) is 0 Å². The summed E-state index contributed by atoms with van der Waals surface area (Å²) < 4.78 is 0. The van der Waals surface area contributed by atoms with Crippen LogP contribution in [0.2, 0.25) is 0 Å². The van der Waals surface area contributed by atoms with Crippen molar-refractivity contribution in [3.8, 4) is 12.3 Å². The third kappa shape index (κ3) is 1.87. The maximum atomic E-state index is 5.26. The molecule has 0 aliphatic carbocycles. The predicted molar refractivity (Wildman–Crippen MR) is 54.4 cm³/mol. The Bertz CT molecular complexity index is 211. The SMILES string of the molecule is C#CCCN1CCC2(CCNC2)C1. The minimum absolute atomic E-state index is 0.606. The van der Waals surface area contributed by atoms with Crippen molar-refractivity contribution in [2.24, 2.45) is 5.41 Å². The second-order valence-corrected chi connectivity index (χ2v) is 4.41. The lowest BCUT2D eigenvalue weighted by molar-refractivity contribution is 0.279. The van der Waals surface area contributed by atoms with Crippen LogP contribution >= 0.6 is 0 Å². The van der Waals surface area contributed by atoms with Gasteiger partial charge >= 0.3 is 0 Å². The molecule has 2 aliphatic heterocycles. The van der Waals surface area contributed by atoms with E-state index in [1.165, 1.54) is 39.0 Å². The van der Waals surface area contributed by atoms with Gasteiger partial charge in [-0.3, -0.25) is 0 Å². The second-order valence-electron chi connectivity index (χ2n) is 4.41. The van der Waals surface area contributed by atoms with Crippen LogP contribution in [0.1, 0.15) is 19.3 Å². The average molecular weight is 178 g/mol. The monoisotopic (exact) mass is 178 g/mol. The van der Waals surface area contributed by atoms with Crippen LogP contribution in [0.3, 0.4) is 0 Å². The molecule has 2 nitrogen and oxygen atoms in total. The summed E-state index contributed by atoms with van der Waals surface area (Å²) in [6.07, 6.45) is 8.90. The maximum Gasteiger partial charge on any atom is 0.0214 e. The van der Waals surface area contributed by atoms with E-state index in [0.29, 0.717) is 5.41 Å². The molecular weight excluding hydrogens is 160 g/mol. The van der Waals surface area contributed by atoms with Gasteiger partial charge in [0.15, 0.2) is 0 Å². The fraction of sp³-hybridized carbons (Fsp3) is 0.818.